The van der Waals surface area contributed by atoms with Gasteiger partial charge < -0.3 is 9.47 Å². The van der Waals surface area contributed by atoms with Crippen molar-refractivity contribution in [3.63, 3.8) is 0 Å². The fraction of sp³-hybridized carbons (Fsp3) is 0.400. The van der Waals surface area contributed by atoms with E-state index < -0.39 is 11.9 Å². The lowest BCUT2D eigenvalue weighted by Crippen LogP contribution is -2.06. The summed E-state index contributed by atoms with van der Waals surface area (Å²) in [5.74, 6) is -1.13. The van der Waals surface area contributed by atoms with E-state index in [0.29, 0.717) is 0 Å². The average Bonchev–Trinajstić information content (AvgIpc) is 2.22. The molecule has 4 heteroatoms. The molecule has 0 amide bonds. The molecule has 0 saturated carbocycles. The van der Waals surface area contributed by atoms with Gasteiger partial charge in [0.25, 0.3) is 0 Å². The Kier molecular flexibility index (Phi) is 6.11. The Morgan fingerprint density at radius 3 is 2.29 bits per heavy atom. The summed E-state index contributed by atoms with van der Waals surface area (Å²) in [6.07, 6.45) is 5.15. The minimum Gasteiger partial charge on any atom is -0.466 e. The van der Waals surface area contributed by atoms with Gasteiger partial charge in [0, 0.05) is 6.08 Å². The Morgan fingerprint density at radius 2 is 1.86 bits per heavy atom. The SMILES string of the molecule is CC/C=C/C(=C\C(=O)OC)C(=O)OC. The summed E-state index contributed by atoms with van der Waals surface area (Å²) < 4.78 is 8.89. The molecule has 0 heterocycles. The monoisotopic (exact) mass is 198 g/mol. The second-order valence-electron chi connectivity index (χ2n) is 2.43. The number of ether oxygens (including phenoxy) is 2. The molecule has 0 unspecified atom stereocenters. The smallest absolute Gasteiger partial charge is 0.338 e. The van der Waals surface area contributed by atoms with E-state index >= 15 is 0 Å². The van der Waals surface area contributed by atoms with Crippen molar-refractivity contribution >= 4 is 11.9 Å². The molecule has 0 aliphatic heterocycles. The van der Waals surface area contributed by atoms with E-state index in [2.05, 4.69) is 9.47 Å². The first-order chi connectivity index (χ1) is 6.65. The summed E-state index contributed by atoms with van der Waals surface area (Å²) in [6, 6.07) is 0. The van der Waals surface area contributed by atoms with E-state index in [1.54, 1.807) is 6.08 Å². The Balaban J connectivity index is 4.71. The van der Waals surface area contributed by atoms with Crippen LogP contribution in [0, 0.1) is 0 Å². The first kappa shape index (κ1) is 12.4. The van der Waals surface area contributed by atoms with Crippen molar-refractivity contribution in [2.45, 2.75) is 13.3 Å². The summed E-state index contributed by atoms with van der Waals surface area (Å²) in [5.41, 5.74) is 0.182. The lowest BCUT2D eigenvalue weighted by molar-refractivity contribution is -0.138. The molecule has 0 atom stereocenters. The number of hydrogen-bond acceptors (Lipinski definition) is 4. The number of methoxy groups -OCH3 is 2. The van der Waals surface area contributed by atoms with Crippen LogP contribution < -0.4 is 0 Å². The molecule has 0 aliphatic rings. The zero-order valence-electron chi connectivity index (χ0n) is 8.57. The van der Waals surface area contributed by atoms with Crippen LogP contribution in [-0.4, -0.2) is 26.2 Å². The van der Waals surface area contributed by atoms with E-state index in [1.165, 1.54) is 20.3 Å². The minimum atomic E-state index is -0.578. The largest absolute Gasteiger partial charge is 0.466 e. The molecule has 0 fully saturated rings. The number of allylic oxidation sites excluding steroid dienone is 1. The van der Waals surface area contributed by atoms with Gasteiger partial charge in [0.1, 0.15) is 0 Å². The fourth-order valence-corrected chi connectivity index (χ4v) is 0.724. The van der Waals surface area contributed by atoms with Crippen molar-refractivity contribution in [2.75, 3.05) is 14.2 Å². The summed E-state index contributed by atoms with van der Waals surface area (Å²) in [6.45, 7) is 1.92. The van der Waals surface area contributed by atoms with Crippen molar-refractivity contribution in [1.82, 2.24) is 0 Å². The summed E-state index contributed by atoms with van der Waals surface area (Å²) in [7, 11) is 2.50. The van der Waals surface area contributed by atoms with Gasteiger partial charge in [0.15, 0.2) is 0 Å². The Labute approximate surface area is 83.2 Å². The Bertz CT molecular complexity index is 263. The molecule has 0 rings (SSSR count). The summed E-state index contributed by atoms with van der Waals surface area (Å²) in [5, 5.41) is 0. The van der Waals surface area contributed by atoms with Crippen LogP contribution in [0.2, 0.25) is 0 Å². The maximum Gasteiger partial charge on any atom is 0.338 e. The van der Waals surface area contributed by atoms with Crippen molar-refractivity contribution in [1.29, 1.82) is 0 Å². The summed E-state index contributed by atoms with van der Waals surface area (Å²) in [4.78, 5) is 22.0. The first-order valence-corrected chi connectivity index (χ1v) is 4.20. The normalized spacial score (nSPS) is 11.5. The molecule has 78 valence electrons. The van der Waals surface area contributed by atoms with Gasteiger partial charge in [-0.3, -0.25) is 0 Å². The predicted octanol–water partition coefficient (Wildman–Crippen LogP) is 1.23. The number of hydrogen-bond donors (Lipinski definition) is 0. The van der Waals surface area contributed by atoms with Crippen LogP contribution in [0.3, 0.4) is 0 Å². The third-order valence-corrected chi connectivity index (χ3v) is 1.43. The van der Waals surface area contributed by atoms with E-state index in [-0.39, 0.29) is 5.57 Å². The predicted molar refractivity (Wildman–Crippen MR) is 51.5 cm³/mol. The van der Waals surface area contributed by atoms with Crippen molar-refractivity contribution < 1.29 is 19.1 Å². The number of carbonyl (C=O) groups excluding carboxylic acids is 2. The third kappa shape index (κ3) is 4.45. The van der Waals surface area contributed by atoms with E-state index in [0.717, 1.165) is 12.5 Å². The minimum absolute atomic E-state index is 0.182. The van der Waals surface area contributed by atoms with E-state index in [4.69, 9.17) is 0 Å². The standard InChI is InChI=1S/C10H14O4/c1-4-5-6-8(10(12)14-3)7-9(11)13-2/h5-7H,4H2,1-3H3/b6-5+,8-7+. The van der Waals surface area contributed by atoms with Crippen LogP contribution in [-0.2, 0) is 19.1 Å². The zero-order valence-corrected chi connectivity index (χ0v) is 8.57. The van der Waals surface area contributed by atoms with Gasteiger partial charge >= 0.3 is 11.9 Å². The third-order valence-electron chi connectivity index (χ3n) is 1.43. The van der Waals surface area contributed by atoms with Gasteiger partial charge in [-0.25, -0.2) is 9.59 Å². The highest BCUT2D eigenvalue weighted by Gasteiger charge is 2.08. The highest BCUT2D eigenvalue weighted by molar-refractivity contribution is 5.98. The van der Waals surface area contributed by atoms with Gasteiger partial charge in [0.2, 0.25) is 0 Å². The molecular weight excluding hydrogens is 184 g/mol. The molecule has 0 N–H and O–H groups in total. The highest BCUT2D eigenvalue weighted by atomic mass is 16.5. The van der Waals surface area contributed by atoms with Crippen LogP contribution >= 0.6 is 0 Å². The lowest BCUT2D eigenvalue weighted by atomic mass is 10.2. The average molecular weight is 198 g/mol. The summed E-state index contributed by atoms with van der Waals surface area (Å²) >= 11 is 0. The highest BCUT2D eigenvalue weighted by Crippen LogP contribution is 2.01. The molecule has 0 radical (unpaired) electrons. The molecule has 14 heavy (non-hydrogen) atoms. The topological polar surface area (TPSA) is 52.6 Å². The van der Waals surface area contributed by atoms with Crippen LogP contribution in [0.4, 0.5) is 0 Å². The quantitative estimate of drug-likeness (QED) is 0.387. The molecule has 0 aromatic heterocycles. The van der Waals surface area contributed by atoms with Crippen LogP contribution in [0.1, 0.15) is 13.3 Å². The molecule has 4 nitrogen and oxygen atoms in total. The van der Waals surface area contributed by atoms with Gasteiger partial charge in [-0.2, -0.15) is 0 Å². The van der Waals surface area contributed by atoms with Gasteiger partial charge in [0.05, 0.1) is 19.8 Å². The Morgan fingerprint density at radius 1 is 1.21 bits per heavy atom. The lowest BCUT2D eigenvalue weighted by Gasteiger charge is -1.98. The molecule has 0 bridgehead atoms. The molecule has 0 saturated heterocycles. The maximum atomic E-state index is 11.1. The first-order valence-electron chi connectivity index (χ1n) is 4.20. The van der Waals surface area contributed by atoms with Crippen molar-refractivity contribution in [3.8, 4) is 0 Å². The molecule has 0 aromatic rings. The second-order valence-corrected chi connectivity index (χ2v) is 2.43. The molecule has 0 aromatic carbocycles. The number of carbonyl (C=O) groups is 2. The number of rotatable bonds is 4. The van der Waals surface area contributed by atoms with Crippen LogP contribution in [0.5, 0.6) is 0 Å². The fourth-order valence-electron chi connectivity index (χ4n) is 0.724. The van der Waals surface area contributed by atoms with E-state index in [1.807, 2.05) is 6.92 Å². The molecular formula is C10H14O4. The Hall–Kier alpha value is -1.58. The van der Waals surface area contributed by atoms with Gasteiger partial charge in [-0.05, 0) is 6.42 Å². The van der Waals surface area contributed by atoms with Gasteiger partial charge in [-0.15, -0.1) is 0 Å². The van der Waals surface area contributed by atoms with Gasteiger partial charge in [-0.1, -0.05) is 19.1 Å². The van der Waals surface area contributed by atoms with Crippen LogP contribution in [0.25, 0.3) is 0 Å². The maximum absolute atomic E-state index is 11.1. The van der Waals surface area contributed by atoms with Crippen molar-refractivity contribution in [3.05, 3.63) is 23.8 Å². The second kappa shape index (κ2) is 6.88. The van der Waals surface area contributed by atoms with E-state index in [9.17, 15) is 9.59 Å². The number of esters is 2. The van der Waals surface area contributed by atoms with Crippen molar-refractivity contribution in [2.24, 2.45) is 0 Å². The van der Waals surface area contributed by atoms with Crippen LogP contribution in [0.15, 0.2) is 23.8 Å². The molecule has 0 aliphatic carbocycles. The molecule has 0 spiro atoms. The zero-order chi connectivity index (χ0) is 11.0.